The van der Waals surface area contributed by atoms with Gasteiger partial charge in [-0.1, -0.05) is 12.1 Å². The fourth-order valence-electron chi connectivity index (χ4n) is 2.11. The van der Waals surface area contributed by atoms with Gasteiger partial charge in [-0.2, -0.15) is 0 Å². The molecule has 1 amide bonds. The standard InChI is InChI=1S/C13H17IN2O.ClH/c1-9-4-3-5-11(12(9)14)13(17)16-7-6-15-8-10(16)2;/h3-5,10,15H,6-8H2,1-2H3;1H. The van der Waals surface area contributed by atoms with Gasteiger partial charge in [0.25, 0.3) is 5.91 Å². The largest absolute Gasteiger partial charge is 0.333 e. The van der Waals surface area contributed by atoms with Crippen molar-refractivity contribution in [3.05, 3.63) is 32.9 Å². The van der Waals surface area contributed by atoms with Crippen LogP contribution >= 0.6 is 35.0 Å². The molecule has 1 aromatic rings. The highest BCUT2D eigenvalue weighted by molar-refractivity contribution is 14.1. The van der Waals surface area contributed by atoms with Gasteiger partial charge in [-0.25, -0.2) is 0 Å². The molecule has 1 aliphatic rings. The molecule has 0 saturated carbocycles. The monoisotopic (exact) mass is 380 g/mol. The van der Waals surface area contributed by atoms with Crippen LogP contribution in [0.5, 0.6) is 0 Å². The van der Waals surface area contributed by atoms with Crippen molar-refractivity contribution < 1.29 is 4.79 Å². The maximum absolute atomic E-state index is 12.5. The molecule has 0 radical (unpaired) electrons. The third-order valence-corrected chi connectivity index (χ3v) is 4.62. The number of hydrogen-bond donors (Lipinski definition) is 1. The number of aryl methyl sites for hydroxylation is 1. The lowest BCUT2D eigenvalue weighted by Gasteiger charge is -2.34. The van der Waals surface area contributed by atoms with Crippen LogP contribution in [-0.4, -0.2) is 36.5 Å². The van der Waals surface area contributed by atoms with Gasteiger partial charge in [0, 0.05) is 29.2 Å². The fraction of sp³-hybridized carbons (Fsp3) is 0.462. The molecule has 1 unspecified atom stereocenters. The van der Waals surface area contributed by atoms with Crippen molar-refractivity contribution in [2.75, 3.05) is 19.6 Å². The molecule has 0 aromatic heterocycles. The lowest BCUT2D eigenvalue weighted by atomic mass is 10.1. The predicted molar refractivity (Wildman–Crippen MR) is 84.5 cm³/mol. The summed E-state index contributed by atoms with van der Waals surface area (Å²) in [5.41, 5.74) is 2.00. The Labute approximate surface area is 128 Å². The number of carbonyl (C=O) groups excluding carboxylic acids is 1. The lowest BCUT2D eigenvalue weighted by Crippen LogP contribution is -2.52. The summed E-state index contributed by atoms with van der Waals surface area (Å²) in [6.07, 6.45) is 0. The van der Waals surface area contributed by atoms with E-state index in [1.54, 1.807) is 0 Å². The van der Waals surface area contributed by atoms with Gasteiger partial charge >= 0.3 is 0 Å². The van der Waals surface area contributed by atoms with Crippen molar-refractivity contribution in [1.29, 1.82) is 0 Å². The number of piperazine rings is 1. The molecule has 5 heteroatoms. The van der Waals surface area contributed by atoms with Crippen molar-refractivity contribution in [2.45, 2.75) is 19.9 Å². The summed E-state index contributed by atoms with van der Waals surface area (Å²) in [5.74, 6) is 0.159. The van der Waals surface area contributed by atoms with Crippen LogP contribution in [0.25, 0.3) is 0 Å². The number of amides is 1. The SMILES string of the molecule is Cc1cccc(C(=O)N2CCNCC2C)c1I.Cl. The summed E-state index contributed by atoms with van der Waals surface area (Å²) in [6.45, 7) is 6.70. The summed E-state index contributed by atoms with van der Waals surface area (Å²) < 4.78 is 1.07. The van der Waals surface area contributed by atoms with Gasteiger partial charge in [0.05, 0.1) is 5.56 Å². The van der Waals surface area contributed by atoms with Crippen molar-refractivity contribution in [3.63, 3.8) is 0 Å². The van der Waals surface area contributed by atoms with Crippen molar-refractivity contribution in [3.8, 4) is 0 Å². The zero-order valence-corrected chi connectivity index (χ0v) is 13.5. The Morgan fingerprint density at radius 1 is 1.50 bits per heavy atom. The minimum absolute atomic E-state index is 0. The van der Waals surface area contributed by atoms with Gasteiger partial charge in [-0.15, -0.1) is 12.4 Å². The molecular formula is C13H18ClIN2O. The first-order chi connectivity index (χ1) is 8.11. The van der Waals surface area contributed by atoms with Crippen molar-refractivity contribution >= 4 is 40.9 Å². The van der Waals surface area contributed by atoms with Gasteiger partial charge in [0.2, 0.25) is 0 Å². The smallest absolute Gasteiger partial charge is 0.255 e. The quantitative estimate of drug-likeness (QED) is 0.759. The minimum Gasteiger partial charge on any atom is -0.333 e. The van der Waals surface area contributed by atoms with E-state index in [-0.39, 0.29) is 24.4 Å². The van der Waals surface area contributed by atoms with Crippen LogP contribution in [0.15, 0.2) is 18.2 Å². The van der Waals surface area contributed by atoms with Crippen LogP contribution in [0.2, 0.25) is 0 Å². The highest BCUT2D eigenvalue weighted by Gasteiger charge is 2.25. The number of hydrogen-bond acceptors (Lipinski definition) is 2. The van der Waals surface area contributed by atoms with E-state index in [9.17, 15) is 4.79 Å². The van der Waals surface area contributed by atoms with E-state index in [1.165, 1.54) is 5.56 Å². The molecule has 1 atom stereocenters. The Morgan fingerprint density at radius 3 is 2.89 bits per heavy atom. The van der Waals surface area contributed by atoms with E-state index >= 15 is 0 Å². The van der Waals surface area contributed by atoms with Crippen molar-refractivity contribution in [1.82, 2.24) is 10.2 Å². The third-order valence-electron chi connectivity index (χ3n) is 3.18. The van der Waals surface area contributed by atoms with Gasteiger partial charge in [0.1, 0.15) is 0 Å². The van der Waals surface area contributed by atoms with Gasteiger partial charge in [-0.05, 0) is 48.1 Å². The summed E-state index contributed by atoms with van der Waals surface area (Å²) in [4.78, 5) is 14.4. The highest BCUT2D eigenvalue weighted by Crippen LogP contribution is 2.19. The Balaban J connectivity index is 0.00000162. The third kappa shape index (κ3) is 3.16. The number of halogens is 2. The topological polar surface area (TPSA) is 32.3 Å². The van der Waals surface area contributed by atoms with Gasteiger partial charge in [0.15, 0.2) is 0 Å². The van der Waals surface area contributed by atoms with Gasteiger partial charge in [-0.3, -0.25) is 4.79 Å². The van der Waals surface area contributed by atoms with Crippen molar-refractivity contribution in [2.24, 2.45) is 0 Å². The molecule has 1 saturated heterocycles. The van der Waals surface area contributed by atoms with Crippen LogP contribution in [0.1, 0.15) is 22.8 Å². The molecule has 0 bridgehead atoms. The minimum atomic E-state index is 0. The van der Waals surface area contributed by atoms with E-state index in [0.29, 0.717) is 0 Å². The average molecular weight is 381 g/mol. The number of nitrogens with zero attached hydrogens (tertiary/aromatic N) is 1. The molecule has 0 aliphatic carbocycles. The molecule has 1 heterocycles. The molecular weight excluding hydrogens is 363 g/mol. The Hall–Kier alpha value is -0.330. The molecule has 18 heavy (non-hydrogen) atoms. The van der Waals surface area contributed by atoms with Crippen LogP contribution in [0, 0.1) is 10.5 Å². The Morgan fingerprint density at radius 2 is 2.22 bits per heavy atom. The average Bonchev–Trinajstić information content (AvgIpc) is 2.32. The highest BCUT2D eigenvalue weighted by atomic mass is 127. The predicted octanol–water partition coefficient (Wildman–Crippen LogP) is 2.46. The molecule has 1 fully saturated rings. The number of carbonyl (C=O) groups is 1. The van der Waals surface area contributed by atoms with E-state index in [0.717, 1.165) is 28.8 Å². The zero-order valence-electron chi connectivity index (χ0n) is 10.6. The maximum Gasteiger partial charge on any atom is 0.255 e. The fourth-order valence-corrected chi connectivity index (χ4v) is 2.70. The number of benzene rings is 1. The lowest BCUT2D eigenvalue weighted by molar-refractivity contribution is 0.0654. The van der Waals surface area contributed by atoms with E-state index in [2.05, 4.69) is 34.8 Å². The molecule has 3 nitrogen and oxygen atoms in total. The second kappa shape index (κ2) is 6.73. The molecule has 2 rings (SSSR count). The summed E-state index contributed by atoms with van der Waals surface area (Å²) >= 11 is 2.26. The van der Waals surface area contributed by atoms with Crippen LogP contribution < -0.4 is 5.32 Å². The zero-order chi connectivity index (χ0) is 12.4. The summed E-state index contributed by atoms with van der Waals surface area (Å²) in [6, 6.07) is 6.19. The summed E-state index contributed by atoms with van der Waals surface area (Å²) in [5, 5.41) is 3.30. The van der Waals surface area contributed by atoms with Crippen LogP contribution in [-0.2, 0) is 0 Å². The first-order valence-corrected chi connectivity index (χ1v) is 6.96. The normalized spacial score (nSPS) is 19.3. The van der Waals surface area contributed by atoms with E-state index < -0.39 is 0 Å². The Bertz CT molecular complexity index is 439. The molecule has 1 N–H and O–H groups in total. The molecule has 1 aliphatic heterocycles. The number of rotatable bonds is 1. The summed E-state index contributed by atoms with van der Waals surface area (Å²) in [7, 11) is 0. The first-order valence-electron chi connectivity index (χ1n) is 5.88. The Kier molecular flexibility index (Phi) is 5.88. The molecule has 1 aromatic carbocycles. The second-order valence-corrected chi connectivity index (χ2v) is 5.57. The number of nitrogens with one attached hydrogen (secondary N) is 1. The van der Waals surface area contributed by atoms with Gasteiger partial charge < -0.3 is 10.2 Å². The molecule has 0 spiro atoms. The van der Waals surface area contributed by atoms with E-state index in [4.69, 9.17) is 0 Å². The maximum atomic E-state index is 12.5. The second-order valence-electron chi connectivity index (χ2n) is 4.49. The van der Waals surface area contributed by atoms with Crippen LogP contribution in [0.4, 0.5) is 0 Å². The first kappa shape index (κ1) is 15.7. The van der Waals surface area contributed by atoms with E-state index in [1.807, 2.05) is 30.0 Å². The van der Waals surface area contributed by atoms with Crippen LogP contribution in [0.3, 0.4) is 0 Å². The molecule has 100 valence electrons.